The van der Waals surface area contributed by atoms with E-state index in [2.05, 4.69) is 24.4 Å². The standard InChI is InChI=1S/C26H30N2O4/c1-2-14-26(15-13-17-7-4-3-5-8-17)21(18-11-12-18)23(29)22(25(31)32-26)28-20-10-6-9-19(16-20)24(27)30/h3-10,16,18,21,28-29H,2,11-15H2,1H3,(H2,27,30). The number of rotatable bonds is 9. The number of primary amides is 1. The molecule has 1 heterocycles. The minimum atomic E-state index is -0.729. The molecule has 0 spiro atoms. The van der Waals surface area contributed by atoms with Gasteiger partial charge in [0, 0.05) is 11.3 Å². The predicted molar refractivity (Wildman–Crippen MR) is 123 cm³/mol. The van der Waals surface area contributed by atoms with Gasteiger partial charge >= 0.3 is 5.97 Å². The SMILES string of the molecule is CCCC1(CCc2ccccc2)OC(=O)C(Nc2cccc(C(N)=O)c2)=C(O)C1C1CC1. The van der Waals surface area contributed by atoms with E-state index in [1.54, 1.807) is 24.3 Å². The number of aliphatic hydroxyl groups is 1. The molecule has 1 amide bonds. The summed E-state index contributed by atoms with van der Waals surface area (Å²) in [5.41, 5.74) is 6.70. The van der Waals surface area contributed by atoms with E-state index in [0.29, 0.717) is 30.0 Å². The molecule has 1 aliphatic carbocycles. The number of nitrogens with two attached hydrogens (primary N) is 1. The van der Waals surface area contributed by atoms with Crippen LogP contribution in [0.3, 0.4) is 0 Å². The van der Waals surface area contributed by atoms with Crippen molar-refractivity contribution in [2.45, 2.75) is 51.0 Å². The second kappa shape index (κ2) is 9.07. The van der Waals surface area contributed by atoms with Gasteiger partial charge in [-0.05, 0) is 61.8 Å². The molecule has 6 heteroatoms. The summed E-state index contributed by atoms with van der Waals surface area (Å²) < 4.78 is 6.17. The summed E-state index contributed by atoms with van der Waals surface area (Å²) in [4.78, 5) is 24.6. The third-order valence-corrected chi connectivity index (χ3v) is 6.48. The molecular formula is C26H30N2O4. The number of carbonyl (C=O) groups is 2. The second-order valence-corrected chi connectivity index (χ2v) is 8.84. The Labute approximate surface area is 188 Å². The molecule has 168 valence electrons. The van der Waals surface area contributed by atoms with Gasteiger partial charge in [0.2, 0.25) is 5.91 Å². The Bertz CT molecular complexity index is 1030. The van der Waals surface area contributed by atoms with Crippen LogP contribution in [0.1, 0.15) is 54.9 Å². The number of carbonyl (C=O) groups excluding carboxylic acids is 2. The van der Waals surface area contributed by atoms with Crippen LogP contribution in [-0.4, -0.2) is 22.6 Å². The van der Waals surface area contributed by atoms with E-state index in [4.69, 9.17) is 10.5 Å². The number of hydrogen-bond donors (Lipinski definition) is 3. The number of anilines is 1. The highest BCUT2D eigenvalue weighted by atomic mass is 16.6. The zero-order chi connectivity index (χ0) is 22.7. The fourth-order valence-corrected chi connectivity index (χ4v) is 4.86. The first-order valence-corrected chi connectivity index (χ1v) is 11.3. The quantitative estimate of drug-likeness (QED) is 0.496. The second-order valence-electron chi connectivity index (χ2n) is 8.84. The lowest BCUT2D eigenvalue weighted by Crippen LogP contribution is -2.50. The summed E-state index contributed by atoms with van der Waals surface area (Å²) in [7, 11) is 0. The lowest BCUT2D eigenvalue weighted by molar-refractivity contribution is -0.169. The maximum absolute atomic E-state index is 13.1. The summed E-state index contributed by atoms with van der Waals surface area (Å²) in [6, 6.07) is 16.7. The van der Waals surface area contributed by atoms with Crippen molar-refractivity contribution in [2.24, 2.45) is 17.6 Å². The van der Waals surface area contributed by atoms with Crippen molar-refractivity contribution in [1.29, 1.82) is 0 Å². The highest BCUT2D eigenvalue weighted by Gasteiger charge is 2.55. The van der Waals surface area contributed by atoms with Gasteiger partial charge in [-0.2, -0.15) is 0 Å². The molecule has 32 heavy (non-hydrogen) atoms. The van der Waals surface area contributed by atoms with Gasteiger partial charge in [-0.1, -0.05) is 49.7 Å². The minimum Gasteiger partial charge on any atom is -0.509 e. The zero-order valence-electron chi connectivity index (χ0n) is 18.3. The van der Waals surface area contributed by atoms with Crippen LogP contribution in [0.15, 0.2) is 66.1 Å². The van der Waals surface area contributed by atoms with E-state index in [9.17, 15) is 14.7 Å². The molecule has 2 aromatic rings. The number of aryl methyl sites for hydroxylation is 1. The monoisotopic (exact) mass is 434 g/mol. The molecule has 6 nitrogen and oxygen atoms in total. The third-order valence-electron chi connectivity index (χ3n) is 6.48. The first kappa shape index (κ1) is 21.9. The highest BCUT2D eigenvalue weighted by molar-refractivity contribution is 5.96. The number of amides is 1. The van der Waals surface area contributed by atoms with Gasteiger partial charge in [0.15, 0.2) is 5.70 Å². The Kier molecular flexibility index (Phi) is 6.21. The van der Waals surface area contributed by atoms with Crippen molar-refractivity contribution >= 4 is 17.6 Å². The van der Waals surface area contributed by atoms with Crippen LogP contribution in [0.2, 0.25) is 0 Å². The summed E-state index contributed by atoms with van der Waals surface area (Å²) in [6.45, 7) is 2.08. The summed E-state index contributed by atoms with van der Waals surface area (Å²) in [5.74, 6) is -1.01. The van der Waals surface area contributed by atoms with Gasteiger partial charge in [-0.3, -0.25) is 4.79 Å². The minimum absolute atomic E-state index is 0.0509. The van der Waals surface area contributed by atoms with Crippen LogP contribution in [-0.2, 0) is 16.0 Å². The van der Waals surface area contributed by atoms with E-state index < -0.39 is 17.5 Å². The maximum Gasteiger partial charge on any atom is 0.358 e. The summed E-state index contributed by atoms with van der Waals surface area (Å²) in [5, 5.41) is 14.3. The number of nitrogens with one attached hydrogen (secondary N) is 1. The van der Waals surface area contributed by atoms with Crippen molar-refractivity contribution in [3.8, 4) is 0 Å². The Balaban J connectivity index is 1.66. The first-order valence-electron chi connectivity index (χ1n) is 11.3. The molecule has 1 fully saturated rings. The Morgan fingerprint density at radius 3 is 2.56 bits per heavy atom. The van der Waals surface area contributed by atoms with Crippen molar-refractivity contribution in [2.75, 3.05) is 5.32 Å². The van der Waals surface area contributed by atoms with Crippen LogP contribution in [0, 0.1) is 11.8 Å². The zero-order valence-corrected chi connectivity index (χ0v) is 18.3. The number of esters is 1. The first-order chi connectivity index (χ1) is 15.4. The van der Waals surface area contributed by atoms with E-state index in [1.807, 2.05) is 18.2 Å². The molecule has 0 aromatic heterocycles. The van der Waals surface area contributed by atoms with Gasteiger partial charge in [0.1, 0.15) is 11.4 Å². The number of aliphatic hydroxyl groups excluding tert-OH is 1. The average Bonchev–Trinajstić information content (AvgIpc) is 3.61. The van der Waals surface area contributed by atoms with Crippen molar-refractivity contribution in [3.05, 3.63) is 77.2 Å². The Morgan fingerprint density at radius 2 is 1.91 bits per heavy atom. The van der Waals surface area contributed by atoms with Crippen LogP contribution in [0.4, 0.5) is 5.69 Å². The molecule has 1 saturated carbocycles. The molecule has 4 rings (SSSR count). The van der Waals surface area contributed by atoms with Gasteiger partial charge in [-0.15, -0.1) is 0 Å². The lowest BCUT2D eigenvalue weighted by atomic mass is 9.73. The van der Waals surface area contributed by atoms with Crippen LogP contribution in [0.25, 0.3) is 0 Å². The molecule has 2 aliphatic rings. The highest BCUT2D eigenvalue weighted by Crippen LogP contribution is 2.52. The topological polar surface area (TPSA) is 102 Å². The fraction of sp³-hybridized carbons (Fsp3) is 0.385. The largest absolute Gasteiger partial charge is 0.509 e. The van der Waals surface area contributed by atoms with E-state index in [1.165, 1.54) is 5.56 Å². The van der Waals surface area contributed by atoms with Crippen LogP contribution < -0.4 is 11.1 Å². The fourth-order valence-electron chi connectivity index (χ4n) is 4.86. The molecule has 2 unspecified atom stereocenters. The molecule has 4 N–H and O–H groups in total. The smallest absolute Gasteiger partial charge is 0.358 e. The van der Waals surface area contributed by atoms with Gasteiger partial charge in [-0.25, -0.2) is 4.79 Å². The van der Waals surface area contributed by atoms with Gasteiger partial charge < -0.3 is 20.9 Å². The predicted octanol–water partition coefficient (Wildman–Crippen LogP) is 4.72. The van der Waals surface area contributed by atoms with Crippen molar-refractivity contribution in [1.82, 2.24) is 0 Å². The van der Waals surface area contributed by atoms with Crippen LogP contribution >= 0.6 is 0 Å². The molecule has 1 aliphatic heterocycles. The lowest BCUT2D eigenvalue weighted by Gasteiger charge is -2.44. The molecule has 0 saturated heterocycles. The maximum atomic E-state index is 13.1. The average molecular weight is 435 g/mol. The number of benzene rings is 2. The van der Waals surface area contributed by atoms with Gasteiger partial charge in [0.05, 0.1) is 5.92 Å². The van der Waals surface area contributed by atoms with Gasteiger partial charge in [0.25, 0.3) is 0 Å². The third kappa shape index (κ3) is 4.49. The molecule has 0 radical (unpaired) electrons. The van der Waals surface area contributed by atoms with E-state index in [0.717, 1.165) is 25.7 Å². The van der Waals surface area contributed by atoms with E-state index in [-0.39, 0.29) is 17.4 Å². The molecular weight excluding hydrogens is 404 g/mol. The molecule has 2 atom stereocenters. The normalized spacial score (nSPS) is 23.0. The Morgan fingerprint density at radius 1 is 1.16 bits per heavy atom. The van der Waals surface area contributed by atoms with Crippen molar-refractivity contribution < 1.29 is 19.4 Å². The van der Waals surface area contributed by atoms with E-state index >= 15 is 0 Å². The number of cyclic esters (lactones) is 1. The number of hydrogen-bond acceptors (Lipinski definition) is 5. The molecule has 2 aromatic carbocycles. The van der Waals surface area contributed by atoms with Crippen LogP contribution in [0.5, 0.6) is 0 Å². The molecule has 0 bridgehead atoms. The van der Waals surface area contributed by atoms with Crippen molar-refractivity contribution in [3.63, 3.8) is 0 Å². The Hall–Kier alpha value is -3.28. The summed E-state index contributed by atoms with van der Waals surface area (Å²) in [6.07, 6.45) is 4.99. The summed E-state index contributed by atoms with van der Waals surface area (Å²) >= 11 is 0. The number of ether oxygens (including phenoxy) is 1.